The molecule has 0 spiro atoms. The fourth-order valence-corrected chi connectivity index (χ4v) is 1.29. The lowest BCUT2D eigenvalue weighted by atomic mass is 10.1. The van der Waals surface area contributed by atoms with Gasteiger partial charge in [0, 0.05) is 19.0 Å². The normalized spacial score (nSPS) is 9.33. The molecule has 4 nitrogen and oxygen atoms in total. The number of hydrogen-bond acceptors (Lipinski definition) is 3. The molecule has 15 heavy (non-hydrogen) atoms. The number of nitrogens with zero attached hydrogens (tertiary/aromatic N) is 1. The first-order valence-electron chi connectivity index (χ1n) is 4.58. The number of para-hydroxylation sites is 1. The molecule has 0 aliphatic heterocycles. The van der Waals surface area contributed by atoms with E-state index in [0.717, 1.165) is 5.56 Å². The first-order chi connectivity index (χ1) is 7.16. The lowest BCUT2D eigenvalue weighted by Crippen LogP contribution is -2.05. The van der Waals surface area contributed by atoms with Crippen molar-refractivity contribution in [2.75, 3.05) is 11.9 Å². The van der Waals surface area contributed by atoms with Crippen molar-refractivity contribution in [2.24, 2.45) is 0 Å². The summed E-state index contributed by atoms with van der Waals surface area (Å²) in [6, 6.07) is 4.97. The minimum Gasteiger partial charge on any atom is -0.378 e. The molecule has 1 aromatic rings. The summed E-state index contributed by atoms with van der Waals surface area (Å²) in [4.78, 5) is 10.3. The number of rotatable bonds is 4. The predicted molar refractivity (Wildman–Crippen MR) is 59.8 cm³/mol. The van der Waals surface area contributed by atoms with E-state index in [0.29, 0.717) is 18.7 Å². The van der Waals surface area contributed by atoms with Crippen molar-refractivity contribution in [3.63, 3.8) is 0 Å². The van der Waals surface area contributed by atoms with Gasteiger partial charge in [-0.05, 0) is 12.5 Å². The van der Waals surface area contributed by atoms with Crippen LogP contribution >= 0.6 is 0 Å². The first-order valence-corrected chi connectivity index (χ1v) is 4.58. The summed E-state index contributed by atoms with van der Waals surface area (Å²) in [6.45, 7) is 2.37. The number of terminal acetylenes is 1. The monoisotopic (exact) mass is 204 g/mol. The molecule has 0 saturated carbocycles. The van der Waals surface area contributed by atoms with Crippen molar-refractivity contribution in [1.82, 2.24) is 0 Å². The summed E-state index contributed by atoms with van der Waals surface area (Å²) < 4.78 is 0. The minimum atomic E-state index is -0.398. The van der Waals surface area contributed by atoms with Gasteiger partial charge in [-0.1, -0.05) is 12.1 Å². The van der Waals surface area contributed by atoms with Gasteiger partial charge in [0.2, 0.25) is 0 Å². The average molecular weight is 204 g/mol. The van der Waals surface area contributed by atoms with Gasteiger partial charge < -0.3 is 5.32 Å². The van der Waals surface area contributed by atoms with Crippen molar-refractivity contribution < 1.29 is 4.92 Å². The second-order valence-corrected chi connectivity index (χ2v) is 3.11. The van der Waals surface area contributed by atoms with Gasteiger partial charge in [-0.25, -0.2) is 0 Å². The zero-order chi connectivity index (χ0) is 11.3. The van der Waals surface area contributed by atoms with Crippen LogP contribution in [0, 0.1) is 29.4 Å². The highest BCUT2D eigenvalue weighted by Gasteiger charge is 2.14. The summed E-state index contributed by atoms with van der Waals surface area (Å²) >= 11 is 0. The van der Waals surface area contributed by atoms with E-state index in [9.17, 15) is 10.1 Å². The van der Waals surface area contributed by atoms with Crippen LogP contribution in [0.1, 0.15) is 12.0 Å². The Balaban J connectivity index is 2.93. The van der Waals surface area contributed by atoms with Gasteiger partial charge in [-0.2, -0.15) is 0 Å². The molecule has 0 atom stereocenters. The van der Waals surface area contributed by atoms with Crippen LogP contribution in [0.15, 0.2) is 18.2 Å². The van der Waals surface area contributed by atoms with Crippen LogP contribution in [0.25, 0.3) is 0 Å². The molecule has 1 aromatic carbocycles. The van der Waals surface area contributed by atoms with Gasteiger partial charge >= 0.3 is 0 Å². The zero-order valence-corrected chi connectivity index (χ0v) is 8.49. The quantitative estimate of drug-likeness (QED) is 0.354. The molecular weight excluding hydrogens is 192 g/mol. The van der Waals surface area contributed by atoms with Gasteiger partial charge in [0.1, 0.15) is 5.69 Å². The van der Waals surface area contributed by atoms with Crippen molar-refractivity contribution in [3.05, 3.63) is 33.9 Å². The van der Waals surface area contributed by atoms with Crippen molar-refractivity contribution >= 4 is 11.4 Å². The summed E-state index contributed by atoms with van der Waals surface area (Å²) in [7, 11) is 0. The van der Waals surface area contributed by atoms with E-state index in [1.54, 1.807) is 6.07 Å². The molecule has 0 aromatic heterocycles. The smallest absolute Gasteiger partial charge is 0.292 e. The standard InChI is InChI=1S/C11H12N2O2/c1-3-4-8-12-11-9(2)6-5-7-10(11)13(14)15/h1,5-7,12H,4,8H2,2H3. The van der Waals surface area contributed by atoms with Crippen LogP contribution in [-0.4, -0.2) is 11.5 Å². The largest absolute Gasteiger partial charge is 0.378 e. The Bertz CT molecular complexity index is 408. The Morgan fingerprint density at radius 3 is 2.93 bits per heavy atom. The number of benzene rings is 1. The van der Waals surface area contributed by atoms with Crippen LogP contribution in [0.4, 0.5) is 11.4 Å². The second kappa shape index (κ2) is 5.01. The summed E-state index contributed by atoms with van der Waals surface area (Å²) in [5, 5.41) is 13.7. The first kappa shape index (κ1) is 11.1. The third-order valence-corrected chi connectivity index (χ3v) is 2.02. The van der Waals surface area contributed by atoms with Gasteiger partial charge in [-0.15, -0.1) is 12.3 Å². The molecule has 1 N–H and O–H groups in total. The Morgan fingerprint density at radius 1 is 1.60 bits per heavy atom. The molecule has 0 amide bonds. The van der Waals surface area contributed by atoms with Gasteiger partial charge in [-0.3, -0.25) is 10.1 Å². The Hall–Kier alpha value is -2.02. The molecule has 4 heteroatoms. The van der Waals surface area contributed by atoms with E-state index in [1.807, 2.05) is 13.0 Å². The third kappa shape index (κ3) is 2.71. The minimum absolute atomic E-state index is 0.0898. The van der Waals surface area contributed by atoms with E-state index < -0.39 is 4.92 Å². The number of nitro benzene ring substituents is 1. The fraction of sp³-hybridized carbons (Fsp3) is 0.273. The van der Waals surface area contributed by atoms with Crippen molar-refractivity contribution in [2.45, 2.75) is 13.3 Å². The van der Waals surface area contributed by atoms with E-state index in [1.165, 1.54) is 6.07 Å². The van der Waals surface area contributed by atoms with Crippen molar-refractivity contribution in [1.29, 1.82) is 0 Å². The predicted octanol–water partition coefficient (Wildman–Crippen LogP) is 2.34. The molecule has 0 unspecified atom stereocenters. The highest BCUT2D eigenvalue weighted by molar-refractivity contribution is 5.65. The number of nitrogens with one attached hydrogen (secondary N) is 1. The Kier molecular flexibility index (Phi) is 3.69. The van der Waals surface area contributed by atoms with Crippen LogP contribution in [-0.2, 0) is 0 Å². The molecular formula is C11H12N2O2. The third-order valence-electron chi connectivity index (χ3n) is 2.02. The van der Waals surface area contributed by atoms with Crippen LogP contribution < -0.4 is 5.32 Å². The maximum atomic E-state index is 10.7. The SMILES string of the molecule is C#CCCNc1c(C)cccc1[N+](=O)[O-]. The molecule has 0 aliphatic carbocycles. The fourth-order valence-electron chi connectivity index (χ4n) is 1.29. The average Bonchev–Trinajstić information content (AvgIpc) is 2.20. The number of hydrogen-bond donors (Lipinski definition) is 1. The molecule has 0 aliphatic rings. The van der Waals surface area contributed by atoms with Crippen molar-refractivity contribution in [3.8, 4) is 12.3 Å². The highest BCUT2D eigenvalue weighted by atomic mass is 16.6. The summed E-state index contributed by atoms with van der Waals surface area (Å²) in [6.07, 6.45) is 5.65. The highest BCUT2D eigenvalue weighted by Crippen LogP contribution is 2.27. The van der Waals surface area contributed by atoms with E-state index in [4.69, 9.17) is 6.42 Å². The molecule has 1 rings (SSSR count). The molecule has 0 saturated heterocycles. The maximum absolute atomic E-state index is 10.7. The molecule has 0 bridgehead atoms. The van der Waals surface area contributed by atoms with E-state index in [2.05, 4.69) is 11.2 Å². The topological polar surface area (TPSA) is 55.2 Å². The summed E-state index contributed by atoms with van der Waals surface area (Å²) in [5.41, 5.74) is 1.49. The number of nitro groups is 1. The lowest BCUT2D eigenvalue weighted by molar-refractivity contribution is -0.384. The number of anilines is 1. The summed E-state index contributed by atoms with van der Waals surface area (Å²) in [5.74, 6) is 2.47. The van der Waals surface area contributed by atoms with Gasteiger partial charge in [0.15, 0.2) is 0 Å². The Labute approximate surface area is 88.5 Å². The molecule has 0 heterocycles. The zero-order valence-electron chi connectivity index (χ0n) is 8.49. The van der Waals surface area contributed by atoms with Crippen LogP contribution in [0.3, 0.4) is 0 Å². The second-order valence-electron chi connectivity index (χ2n) is 3.11. The lowest BCUT2D eigenvalue weighted by Gasteiger charge is -2.07. The number of aryl methyl sites for hydroxylation is 1. The van der Waals surface area contributed by atoms with Gasteiger partial charge in [0.25, 0.3) is 5.69 Å². The van der Waals surface area contributed by atoms with E-state index in [-0.39, 0.29) is 5.69 Å². The molecule has 0 fully saturated rings. The van der Waals surface area contributed by atoms with E-state index >= 15 is 0 Å². The van der Waals surface area contributed by atoms with Crippen LogP contribution in [0.5, 0.6) is 0 Å². The van der Waals surface area contributed by atoms with Gasteiger partial charge in [0.05, 0.1) is 4.92 Å². The molecule has 0 radical (unpaired) electrons. The molecule has 78 valence electrons. The maximum Gasteiger partial charge on any atom is 0.292 e. The Morgan fingerprint density at radius 2 is 2.33 bits per heavy atom. The van der Waals surface area contributed by atoms with Crippen LogP contribution in [0.2, 0.25) is 0 Å².